The van der Waals surface area contributed by atoms with Crippen LogP contribution in [0.2, 0.25) is 25.2 Å². The van der Waals surface area contributed by atoms with E-state index in [1.807, 2.05) is 0 Å². The summed E-state index contributed by atoms with van der Waals surface area (Å²) in [6, 6.07) is 2.20. The number of hydrogen-bond acceptors (Lipinski definition) is 4. The van der Waals surface area contributed by atoms with Crippen molar-refractivity contribution in [1.29, 1.82) is 0 Å². The zero-order chi connectivity index (χ0) is 17.2. The highest BCUT2D eigenvalue weighted by Crippen LogP contribution is 2.58. The van der Waals surface area contributed by atoms with Gasteiger partial charge in [0.25, 0.3) is 0 Å². The van der Waals surface area contributed by atoms with Crippen LogP contribution in [0.15, 0.2) is 0 Å². The number of thiol groups is 1. The first-order valence-corrected chi connectivity index (χ1v) is 17.6. The predicted molar refractivity (Wildman–Crippen MR) is 108 cm³/mol. The van der Waals surface area contributed by atoms with Gasteiger partial charge in [0.05, 0.1) is 0 Å². The molecule has 0 aromatic heterocycles. The number of hydrogen-bond donors (Lipinski definition) is 1. The maximum absolute atomic E-state index is 5.59. The molecular formula is C14H37O4PSSi2. The second-order valence-electron chi connectivity index (χ2n) is 6.09. The van der Waals surface area contributed by atoms with Gasteiger partial charge in [-0.2, -0.15) is 0 Å². The molecule has 0 aliphatic heterocycles. The van der Waals surface area contributed by atoms with E-state index in [0.29, 0.717) is 0 Å². The third kappa shape index (κ3) is 8.78. The molecule has 0 fully saturated rings. The Morgan fingerprint density at radius 2 is 1.05 bits per heavy atom. The van der Waals surface area contributed by atoms with Gasteiger partial charge in [-0.3, -0.25) is 0 Å². The van der Waals surface area contributed by atoms with Crippen LogP contribution in [-0.4, -0.2) is 70.4 Å². The van der Waals surface area contributed by atoms with E-state index in [1.165, 1.54) is 25.2 Å². The Morgan fingerprint density at radius 1 is 0.727 bits per heavy atom. The first-order valence-electron chi connectivity index (χ1n) is 7.88. The minimum Gasteiger partial charge on any atom is -0.398 e. The molecular weight excluding hydrogens is 351 g/mol. The van der Waals surface area contributed by atoms with Gasteiger partial charge < -0.3 is 17.7 Å². The highest BCUT2D eigenvalue weighted by Gasteiger charge is 2.30. The quantitative estimate of drug-likeness (QED) is 0.292. The molecule has 0 N–H and O–H groups in total. The largest absolute Gasteiger partial charge is 0.398 e. The summed E-state index contributed by atoms with van der Waals surface area (Å²) in [6.07, 6.45) is 10.0. The second kappa shape index (κ2) is 11.6. The monoisotopic (exact) mass is 388 g/mol. The van der Waals surface area contributed by atoms with Gasteiger partial charge in [0.15, 0.2) is 0 Å². The van der Waals surface area contributed by atoms with Crippen LogP contribution in [0.5, 0.6) is 0 Å². The van der Waals surface area contributed by atoms with E-state index in [-0.39, 0.29) is 17.6 Å². The lowest BCUT2D eigenvalue weighted by Crippen LogP contribution is -2.36. The minimum absolute atomic E-state index is 0.141. The van der Waals surface area contributed by atoms with Crippen molar-refractivity contribution in [3.63, 3.8) is 0 Å². The van der Waals surface area contributed by atoms with Gasteiger partial charge >= 0.3 is 17.1 Å². The van der Waals surface area contributed by atoms with E-state index in [4.69, 9.17) is 17.7 Å². The van der Waals surface area contributed by atoms with Crippen molar-refractivity contribution in [1.82, 2.24) is 0 Å². The normalized spacial score (nSPS) is 13.8. The van der Waals surface area contributed by atoms with E-state index in [9.17, 15) is 0 Å². The Kier molecular flexibility index (Phi) is 12.1. The fourth-order valence-corrected chi connectivity index (χ4v) is 11.0. The van der Waals surface area contributed by atoms with E-state index in [1.54, 1.807) is 28.4 Å². The van der Waals surface area contributed by atoms with E-state index in [0.717, 1.165) is 12.1 Å². The fraction of sp³-hybridized carbons (Fsp3) is 1.00. The topological polar surface area (TPSA) is 36.9 Å². The van der Waals surface area contributed by atoms with E-state index < -0.39 is 17.1 Å². The van der Waals surface area contributed by atoms with Gasteiger partial charge in [-0.1, -0.05) is 7.12 Å². The van der Waals surface area contributed by atoms with Crippen molar-refractivity contribution in [2.45, 2.75) is 38.0 Å². The predicted octanol–water partition coefficient (Wildman–Crippen LogP) is 4.15. The zero-order valence-electron chi connectivity index (χ0n) is 15.8. The molecule has 0 aliphatic rings. The summed E-state index contributed by atoms with van der Waals surface area (Å²) in [5, 5.41) is 0. The third-order valence-corrected chi connectivity index (χ3v) is 17.8. The Hall–Kier alpha value is 1.05. The van der Waals surface area contributed by atoms with Crippen LogP contribution < -0.4 is 0 Å². The molecule has 22 heavy (non-hydrogen) atoms. The summed E-state index contributed by atoms with van der Waals surface area (Å²) in [4.78, 5) is 0. The zero-order valence-corrected chi connectivity index (χ0v) is 19.6. The molecule has 0 aromatic carbocycles. The van der Waals surface area contributed by atoms with E-state index >= 15 is 0 Å². The molecule has 0 saturated carbocycles. The molecule has 136 valence electrons. The molecule has 0 heterocycles. The van der Waals surface area contributed by atoms with Crippen molar-refractivity contribution in [2.75, 3.05) is 53.3 Å². The van der Waals surface area contributed by atoms with Crippen molar-refractivity contribution < 1.29 is 17.7 Å². The molecule has 0 aliphatic carbocycles. The van der Waals surface area contributed by atoms with Crippen LogP contribution >= 0.6 is 17.6 Å². The van der Waals surface area contributed by atoms with Gasteiger partial charge in [0.1, 0.15) is 0 Å². The van der Waals surface area contributed by atoms with Gasteiger partial charge in [-0.05, 0) is 62.9 Å². The van der Waals surface area contributed by atoms with Crippen LogP contribution in [0.25, 0.3) is 0 Å². The molecule has 0 spiro atoms. The van der Waals surface area contributed by atoms with Crippen molar-refractivity contribution in [2.24, 2.45) is 0 Å². The molecule has 8 heteroatoms. The Morgan fingerprint density at radius 3 is 1.27 bits per heavy atom. The van der Waals surface area contributed by atoms with Crippen LogP contribution in [0, 0.1) is 0 Å². The molecule has 0 saturated heterocycles. The minimum atomic E-state index is -1.89. The highest BCUT2D eigenvalue weighted by atomic mass is 32.8. The first kappa shape index (κ1) is 23.1. The van der Waals surface area contributed by atoms with Crippen molar-refractivity contribution >= 4 is 34.8 Å². The Bertz CT molecular complexity index is 266. The lowest BCUT2D eigenvalue weighted by Gasteiger charge is -2.28. The van der Waals surface area contributed by atoms with Gasteiger partial charge in [0, 0.05) is 28.4 Å². The maximum Gasteiger partial charge on any atom is 0.334 e. The molecule has 0 rings (SSSR count). The molecule has 0 amide bonds. The Labute approximate surface area is 144 Å². The first-order chi connectivity index (χ1) is 10.3. The molecule has 0 atom stereocenters. The lowest BCUT2D eigenvalue weighted by atomic mass is 10.6. The maximum atomic E-state index is 5.59. The summed E-state index contributed by atoms with van der Waals surface area (Å²) >= 11 is 0. The fourth-order valence-electron chi connectivity index (χ4n) is 2.25. The molecule has 0 aromatic rings. The lowest BCUT2D eigenvalue weighted by molar-refractivity contribution is 0.249. The number of rotatable bonds is 13. The van der Waals surface area contributed by atoms with Gasteiger partial charge in [-0.25, -0.2) is 10.5 Å². The van der Waals surface area contributed by atoms with Crippen LogP contribution in [0.3, 0.4) is 0 Å². The van der Waals surface area contributed by atoms with Crippen LogP contribution in [0.1, 0.15) is 12.8 Å². The summed E-state index contributed by atoms with van der Waals surface area (Å²) in [5.74, 6) is 0. The molecule has 4 nitrogen and oxygen atoms in total. The molecule has 0 radical (unpaired) electrons. The molecule has 0 bridgehead atoms. The average Bonchev–Trinajstić information content (AvgIpc) is 2.52. The smallest absolute Gasteiger partial charge is 0.334 e. The summed E-state index contributed by atoms with van der Waals surface area (Å²) < 4.78 is 22.3. The second-order valence-corrected chi connectivity index (χ2v) is 21.0. The summed E-state index contributed by atoms with van der Waals surface area (Å²) in [7, 11) is 3.66. The van der Waals surface area contributed by atoms with Gasteiger partial charge in [0.2, 0.25) is 0 Å². The Balaban J connectivity index is 4.23. The van der Waals surface area contributed by atoms with Crippen LogP contribution in [-0.2, 0) is 17.7 Å². The van der Waals surface area contributed by atoms with Crippen molar-refractivity contribution in [3.8, 4) is 0 Å². The molecule has 0 unspecified atom stereocenters. The van der Waals surface area contributed by atoms with Crippen LogP contribution in [0.4, 0.5) is 0 Å². The van der Waals surface area contributed by atoms with Crippen molar-refractivity contribution in [3.05, 3.63) is 0 Å². The SMILES string of the molecule is CO[Si](C)(CCCP(CCC[Si](C)(OC)OC)[SH](C)C)OC. The third-order valence-electron chi connectivity index (χ3n) is 4.39. The van der Waals surface area contributed by atoms with E-state index in [2.05, 4.69) is 25.6 Å². The highest BCUT2D eigenvalue weighted by molar-refractivity contribution is 8.65. The summed E-state index contributed by atoms with van der Waals surface area (Å²) in [5.41, 5.74) is 0. The summed E-state index contributed by atoms with van der Waals surface area (Å²) in [6.45, 7) is 4.31. The standard InChI is InChI=1S/C14H37O4PSSi2/c1-15-21(7,16-2)13-9-11-19(20(5)6)12-10-14-22(8,17-3)18-4/h20H,9-14H2,1-8H3. The average molecular weight is 389 g/mol. The van der Waals surface area contributed by atoms with Gasteiger partial charge in [-0.15, -0.1) is 0 Å².